The Balaban J connectivity index is 1.01. The lowest BCUT2D eigenvalue weighted by Gasteiger charge is -2.26. The third-order valence-electron chi connectivity index (χ3n) is 10.4. The second-order valence-corrected chi connectivity index (χ2v) is 19.1. The fraction of sp³-hybridized carbons (Fsp3) is 0.533. The van der Waals surface area contributed by atoms with E-state index in [0.29, 0.717) is 0 Å². The number of fused-ring (bicyclic) bond motifs is 2. The highest BCUT2D eigenvalue weighted by Crippen LogP contribution is 2.52. The molecule has 3 saturated heterocycles. The zero-order chi connectivity index (χ0) is 48.5. The second kappa shape index (κ2) is 18.2. The first-order chi connectivity index (χ1) is 31.4. The Hall–Kier alpha value is -4.93. The highest BCUT2D eigenvalue weighted by molar-refractivity contribution is 7.47. The summed E-state index contributed by atoms with van der Waals surface area (Å²) in [6.07, 6.45) is -16.3. The number of anilines is 2. The maximum atomic E-state index is 13.6. The van der Waals surface area contributed by atoms with Gasteiger partial charge in [-0.05, 0) is 6.92 Å². The smallest absolute Gasteiger partial charge is 0.390 e. The standard InChI is InChI=1S/C30H39N12O22P3/c1-9-3-40(30(49)39-23(9)46)14-2-10(43)11(60-14)4-58-66(53,54)64-20-13(62-27(18(20)45)42-8-34-16-22(42)36-29(32)38-25(16)48)6-59-67(55,56)63-19-12(5-57-65(50,51)52)61-26(17(19)44)41-7-33-15-21(41)35-28(31)37-24(15)47/h3,7-8,10-14,17-20,26-27,43-45H,2,4-6H2,1H3,(H,53,54)(H,55,56)(H,39,46,49)(H2,50,51,52)(H3,31,35,37,47)(H3,32,36,38,48)/t10-,11+,12+,13+,14+,17+,18+,19+,20+,26+,27+/m0/s1. The number of nitrogens with zero attached hydrogens (tertiary/aromatic N) is 7. The average molecular weight is 1010 g/mol. The van der Waals surface area contributed by atoms with Gasteiger partial charge in [-0.3, -0.25) is 65.7 Å². The maximum absolute atomic E-state index is 13.6. The summed E-state index contributed by atoms with van der Waals surface area (Å²) in [7, 11) is -16.2. The van der Waals surface area contributed by atoms with Crippen LogP contribution in [0.4, 0.5) is 11.9 Å². The number of aryl methyl sites for hydroxylation is 1. The van der Waals surface area contributed by atoms with Gasteiger partial charge in [-0.2, -0.15) is 9.97 Å². The summed E-state index contributed by atoms with van der Waals surface area (Å²) in [5, 5.41) is 33.6. The van der Waals surface area contributed by atoms with E-state index in [2.05, 4.69) is 39.4 Å². The first kappa shape index (κ1) is 48.5. The molecule has 8 rings (SSSR count). The van der Waals surface area contributed by atoms with Crippen molar-refractivity contribution in [2.45, 2.75) is 80.9 Å². The van der Waals surface area contributed by atoms with Gasteiger partial charge in [0.15, 0.2) is 34.8 Å². The molecule has 2 unspecified atom stereocenters. The third-order valence-corrected chi connectivity index (χ3v) is 12.9. The number of aliphatic hydroxyl groups excluding tert-OH is 3. The van der Waals surface area contributed by atoms with Gasteiger partial charge < -0.3 is 60.6 Å². The minimum atomic E-state index is -5.57. The molecule has 0 spiro atoms. The fourth-order valence-electron chi connectivity index (χ4n) is 7.40. The molecular weight excluding hydrogens is 973 g/mol. The van der Waals surface area contributed by atoms with Gasteiger partial charge in [0.25, 0.3) is 16.7 Å². The van der Waals surface area contributed by atoms with Crippen molar-refractivity contribution in [3.05, 3.63) is 66.0 Å². The van der Waals surface area contributed by atoms with E-state index in [1.54, 1.807) is 0 Å². The van der Waals surface area contributed by atoms with Crippen molar-refractivity contribution in [2.75, 3.05) is 31.3 Å². The fourth-order valence-corrected chi connectivity index (χ4v) is 9.67. The molecule has 8 heterocycles. The zero-order valence-corrected chi connectivity index (χ0v) is 36.5. The molecule has 13 atom stereocenters. The van der Waals surface area contributed by atoms with Gasteiger partial charge in [0.1, 0.15) is 49.0 Å². The number of phosphoric ester groups is 3. The van der Waals surface area contributed by atoms with Crippen LogP contribution < -0.4 is 33.8 Å². The number of nitrogens with one attached hydrogen (secondary N) is 3. The van der Waals surface area contributed by atoms with Crippen molar-refractivity contribution in [3.63, 3.8) is 0 Å². The molecule has 0 aliphatic carbocycles. The SMILES string of the molecule is Cc1cn([C@H]2C[C@H](O)[C@@H](COP(=O)(O)O[C@H]3[C@@H](O)[C@H](n4cnc5c(=O)[nH]c(N)nc54)O[C@@H]3COP(=O)(O)O[C@H]3[C@@H](O)[C@H](n4cnc5c(=O)[nH]c(N)nc54)O[C@@H]3COP(=O)(O)O)O2)c(=O)[nH]c1=O. The molecule has 0 bridgehead atoms. The van der Waals surface area contributed by atoms with E-state index in [1.165, 1.54) is 13.1 Å². The van der Waals surface area contributed by atoms with E-state index in [1.807, 2.05) is 0 Å². The molecule has 0 amide bonds. The number of imidazole rings is 2. The number of rotatable bonds is 16. The van der Waals surface area contributed by atoms with E-state index in [-0.39, 0.29) is 40.3 Å². The van der Waals surface area contributed by atoms with Gasteiger partial charge in [-0.1, -0.05) is 0 Å². The number of aromatic amines is 3. The predicted molar refractivity (Wildman–Crippen MR) is 215 cm³/mol. The Labute approximate surface area is 369 Å². The van der Waals surface area contributed by atoms with Gasteiger partial charge in [-0.15, -0.1) is 0 Å². The summed E-state index contributed by atoms with van der Waals surface area (Å²) in [4.78, 5) is 112. The van der Waals surface area contributed by atoms with Crippen molar-refractivity contribution < 1.29 is 85.4 Å². The Morgan fingerprint density at radius 2 is 1.15 bits per heavy atom. The molecule has 34 nitrogen and oxygen atoms in total. The molecule has 37 heteroatoms. The van der Waals surface area contributed by atoms with Crippen molar-refractivity contribution in [1.29, 1.82) is 0 Å². The molecule has 14 N–H and O–H groups in total. The molecule has 67 heavy (non-hydrogen) atoms. The number of nitrogen functional groups attached to an aromatic ring is 2. The molecule has 5 aromatic rings. The van der Waals surface area contributed by atoms with E-state index in [0.717, 1.165) is 26.4 Å². The number of hydrogen-bond donors (Lipinski definition) is 12. The zero-order valence-electron chi connectivity index (χ0n) is 33.8. The highest BCUT2D eigenvalue weighted by atomic mass is 31.2. The van der Waals surface area contributed by atoms with Crippen LogP contribution in [0.5, 0.6) is 0 Å². The van der Waals surface area contributed by atoms with Gasteiger partial charge in [0.05, 0.1) is 38.6 Å². The molecular formula is C30H39N12O22P3. The van der Waals surface area contributed by atoms with Gasteiger partial charge in [0, 0.05) is 18.2 Å². The predicted octanol–water partition coefficient (Wildman–Crippen LogP) is -4.45. The lowest BCUT2D eigenvalue weighted by atomic mass is 10.1. The Morgan fingerprint density at radius 1 is 0.687 bits per heavy atom. The van der Waals surface area contributed by atoms with Gasteiger partial charge in [0.2, 0.25) is 11.9 Å². The summed E-state index contributed by atoms with van der Waals surface area (Å²) in [5.41, 5.74) is 7.23. The summed E-state index contributed by atoms with van der Waals surface area (Å²) in [6.45, 7) is -1.72. The molecule has 5 aromatic heterocycles. The van der Waals surface area contributed by atoms with Crippen molar-refractivity contribution in [2.24, 2.45) is 0 Å². The number of hydrogen-bond acceptors (Lipinski definition) is 24. The van der Waals surface area contributed by atoms with Crippen molar-refractivity contribution >= 4 is 57.7 Å². The topological polar surface area (TPSA) is 501 Å². The Kier molecular flexibility index (Phi) is 13.2. The van der Waals surface area contributed by atoms with E-state index >= 15 is 0 Å². The summed E-state index contributed by atoms with van der Waals surface area (Å²) < 4.78 is 84.2. The lowest BCUT2D eigenvalue weighted by Crippen LogP contribution is -2.37. The van der Waals surface area contributed by atoms with Gasteiger partial charge in [-0.25, -0.2) is 28.5 Å². The van der Waals surface area contributed by atoms with E-state index in [9.17, 15) is 67.8 Å². The molecule has 0 radical (unpaired) electrons. The number of H-pyrrole nitrogens is 3. The molecule has 0 aromatic carbocycles. The minimum absolute atomic E-state index is 0.137. The third kappa shape index (κ3) is 10.1. The van der Waals surface area contributed by atoms with E-state index in [4.69, 9.17) is 43.8 Å². The molecule has 0 saturated carbocycles. The summed E-state index contributed by atoms with van der Waals surface area (Å²) in [6, 6.07) is 0. The van der Waals surface area contributed by atoms with Crippen LogP contribution in [-0.4, -0.2) is 152 Å². The monoisotopic (exact) mass is 1010 g/mol. The van der Waals surface area contributed by atoms with Crippen LogP contribution in [0.15, 0.2) is 38.0 Å². The van der Waals surface area contributed by atoms with Crippen molar-refractivity contribution in [3.8, 4) is 0 Å². The van der Waals surface area contributed by atoms with E-state index < -0.39 is 139 Å². The number of ether oxygens (including phenoxy) is 3. The Morgan fingerprint density at radius 3 is 1.63 bits per heavy atom. The maximum Gasteiger partial charge on any atom is 0.472 e. The van der Waals surface area contributed by atoms with Gasteiger partial charge >= 0.3 is 29.2 Å². The van der Waals surface area contributed by atoms with Crippen LogP contribution in [0.2, 0.25) is 0 Å². The largest absolute Gasteiger partial charge is 0.472 e. The van der Waals surface area contributed by atoms with Crippen LogP contribution in [0, 0.1) is 6.92 Å². The van der Waals surface area contributed by atoms with Crippen LogP contribution in [-0.2, 0) is 50.5 Å². The Bertz CT molecular complexity index is 3080. The molecule has 366 valence electrons. The molecule has 3 aliphatic rings. The normalized spacial score (nSPS) is 29.8. The quantitative estimate of drug-likeness (QED) is 0.0415. The van der Waals surface area contributed by atoms with Crippen LogP contribution in [0.1, 0.15) is 30.7 Å². The van der Waals surface area contributed by atoms with Crippen LogP contribution >= 0.6 is 23.5 Å². The lowest BCUT2D eigenvalue weighted by molar-refractivity contribution is -0.0609. The number of aliphatic hydroxyl groups is 3. The van der Waals surface area contributed by atoms with Crippen molar-refractivity contribution in [1.82, 2.24) is 48.6 Å². The van der Waals surface area contributed by atoms with Crippen LogP contribution in [0.25, 0.3) is 22.3 Å². The summed E-state index contributed by atoms with van der Waals surface area (Å²) >= 11 is 0. The highest BCUT2D eigenvalue weighted by Gasteiger charge is 2.53. The molecule has 3 aliphatic heterocycles. The number of phosphoric acid groups is 3. The number of aromatic nitrogens is 10. The molecule has 3 fully saturated rings. The number of nitrogens with two attached hydrogens (primary N) is 2. The first-order valence-corrected chi connectivity index (χ1v) is 23.7. The summed E-state index contributed by atoms with van der Waals surface area (Å²) in [5.74, 6) is -0.782. The second-order valence-electron chi connectivity index (χ2n) is 15.0. The average Bonchev–Trinajstić information content (AvgIpc) is 4.05. The first-order valence-electron chi connectivity index (χ1n) is 19.2. The van der Waals surface area contributed by atoms with Crippen LogP contribution in [0.3, 0.4) is 0 Å². The minimum Gasteiger partial charge on any atom is -0.390 e.